The number of rotatable bonds is 8. The summed E-state index contributed by atoms with van der Waals surface area (Å²) in [5.41, 5.74) is 3.42. The van der Waals surface area contributed by atoms with E-state index in [-0.39, 0.29) is 11.7 Å². The summed E-state index contributed by atoms with van der Waals surface area (Å²) in [6, 6.07) is 22.3. The molecule has 0 saturated carbocycles. The number of carbonyl (C=O) groups excluding carboxylic acids is 2. The number of hydrogen-bond acceptors (Lipinski definition) is 6. The predicted octanol–water partition coefficient (Wildman–Crippen LogP) is 4.94. The number of esters is 1. The first-order valence-corrected chi connectivity index (χ1v) is 11.4. The number of methoxy groups -OCH3 is 1. The average Bonchev–Trinajstić information content (AvgIpc) is 3.22. The summed E-state index contributed by atoms with van der Waals surface area (Å²) in [5.74, 6) is 0.164. The highest BCUT2D eigenvalue weighted by atomic mass is 32.2. The van der Waals surface area contributed by atoms with E-state index in [9.17, 15) is 9.59 Å². The van der Waals surface area contributed by atoms with Crippen molar-refractivity contribution in [2.75, 3.05) is 24.8 Å². The Morgan fingerprint density at radius 2 is 1.73 bits per heavy atom. The molecule has 0 saturated heterocycles. The molecule has 168 valence electrons. The van der Waals surface area contributed by atoms with Crippen LogP contribution in [0.4, 0.5) is 5.69 Å². The van der Waals surface area contributed by atoms with Crippen LogP contribution in [0.5, 0.6) is 5.75 Å². The Bertz CT molecular complexity index is 1280. The van der Waals surface area contributed by atoms with Crippen molar-refractivity contribution in [2.45, 2.75) is 12.1 Å². The van der Waals surface area contributed by atoms with E-state index in [0.29, 0.717) is 23.0 Å². The van der Waals surface area contributed by atoms with Gasteiger partial charge >= 0.3 is 5.97 Å². The van der Waals surface area contributed by atoms with Crippen molar-refractivity contribution in [3.8, 4) is 11.4 Å². The molecule has 1 amide bonds. The number of ether oxygens (including phenoxy) is 2. The lowest BCUT2D eigenvalue weighted by atomic mass is 10.2. The highest BCUT2D eigenvalue weighted by Crippen LogP contribution is 2.29. The van der Waals surface area contributed by atoms with Crippen LogP contribution in [0.3, 0.4) is 0 Å². The number of aromatic nitrogens is 2. The van der Waals surface area contributed by atoms with Gasteiger partial charge in [-0.15, -0.1) is 0 Å². The van der Waals surface area contributed by atoms with Crippen molar-refractivity contribution in [3.63, 3.8) is 0 Å². The van der Waals surface area contributed by atoms with Gasteiger partial charge in [-0.25, -0.2) is 9.78 Å². The topological polar surface area (TPSA) is 82.5 Å². The van der Waals surface area contributed by atoms with Gasteiger partial charge < -0.3 is 14.8 Å². The molecule has 33 heavy (non-hydrogen) atoms. The molecule has 0 spiro atoms. The minimum absolute atomic E-state index is 0.121. The zero-order chi connectivity index (χ0) is 23.2. The standard InChI is InChI=1S/C25H23N3O4S/c1-3-32-18-14-12-17(13-15-18)28-22-11-7-6-10-21(22)27-25(28)33-16-23(29)26-20-9-5-4-8-19(20)24(30)31-2/h4-15H,3,16H2,1-2H3,(H,26,29). The normalized spacial score (nSPS) is 10.7. The van der Waals surface area contributed by atoms with E-state index < -0.39 is 5.97 Å². The monoisotopic (exact) mass is 461 g/mol. The number of imidazole rings is 1. The molecule has 4 aromatic rings. The van der Waals surface area contributed by atoms with Crippen molar-refractivity contribution in [2.24, 2.45) is 0 Å². The molecule has 0 aliphatic heterocycles. The number of hydrogen-bond donors (Lipinski definition) is 1. The zero-order valence-corrected chi connectivity index (χ0v) is 19.1. The average molecular weight is 462 g/mol. The van der Waals surface area contributed by atoms with Gasteiger partial charge in [-0.1, -0.05) is 36.0 Å². The van der Waals surface area contributed by atoms with E-state index in [2.05, 4.69) is 5.32 Å². The molecule has 8 heteroatoms. The molecule has 0 bridgehead atoms. The molecule has 0 fully saturated rings. The second-order valence-electron chi connectivity index (χ2n) is 7.02. The Balaban J connectivity index is 1.56. The SMILES string of the molecule is CCOc1ccc(-n2c(SCC(=O)Nc3ccccc3C(=O)OC)nc3ccccc32)cc1. The maximum absolute atomic E-state index is 12.7. The van der Waals surface area contributed by atoms with E-state index in [1.165, 1.54) is 18.9 Å². The Hall–Kier alpha value is -3.78. The van der Waals surface area contributed by atoms with Crippen LogP contribution < -0.4 is 10.1 Å². The molecule has 0 atom stereocenters. The lowest BCUT2D eigenvalue weighted by Crippen LogP contribution is -2.17. The smallest absolute Gasteiger partial charge is 0.339 e. The summed E-state index contributed by atoms with van der Waals surface area (Å²) in [7, 11) is 1.31. The number of nitrogens with one attached hydrogen (secondary N) is 1. The fraction of sp³-hybridized carbons (Fsp3) is 0.160. The van der Waals surface area contributed by atoms with Gasteiger partial charge in [-0.3, -0.25) is 9.36 Å². The number of benzene rings is 3. The van der Waals surface area contributed by atoms with E-state index in [1.807, 2.05) is 60.0 Å². The highest BCUT2D eigenvalue weighted by Gasteiger charge is 2.17. The fourth-order valence-corrected chi connectivity index (χ4v) is 4.23. The number of nitrogens with zero attached hydrogens (tertiary/aromatic N) is 2. The van der Waals surface area contributed by atoms with E-state index in [0.717, 1.165) is 22.5 Å². The number of fused-ring (bicyclic) bond motifs is 1. The molecule has 0 aliphatic carbocycles. The summed E-state index contributed by atoms with van der Waals surface area (Å²) in [6.45, 7) is 2.54. The maximum Gasteiger partial charge on any atom is 0.339 e. The second-order valence-corrected chi connectivity index (χ2v) is 7.96. The Labute approximate surface area is 195 Å². The molecule has 3 aromatic carbocycles. The van der Waals surface area contributed by atoms with Crippen LogP contribution in [0.15, 0.2) is 78.0 Å². The number of carbonyl (C=O) groups is 2. The molecule has 0 aliphatic rings. The molecule has 4 rings (SSSR count). The summed E-state index contributed by atoms with van der Waals surface area (Å²) in [5, 5.41) is 3.49. The van der Waals surface area contributed by atoms with Crippen molar-refractivity contribution in [1.29, 1.82) is 0 Å². The largest absolute Gasteiger partial charge is 0.494 e. The first-order chi connectivity index (χ1) is 16.1. The van der Waals surface area contributed by atoms with Crippen LogP contribution >= 0.6 is 11.8 Å². The van der Waals surface area contributed by atoms with Gasteiger partial charge in [-0.05, 0) is 55.5 Å². The second kappa shape index (κ2) is 10.2. The summed E-state index contributed by atoms with van der Waals surface area (Å²) < 4.78 is 12.4. The molecule has 1 N–H and O–H groups in total. The lowest BCUT2D eigenvalue weighted by molar-refractivity contribution is -0.113. The Morgan fingerprint density at radius 1 is 1.00 bits per heavy atom. The molecule has 0 radical (unpaired) electrons. The molecular formula is C25H23N3O4S. The number of thioether (sulfide) groups is 1. The molecule has 7 nitrogen and oxygen atoms in total. The molecule has 1 heterocycles. The van der Waals surface area contributed by atoms with Crippen LogP contribution in [-0.2, 0) is 9.53 Å². The van der Waals surface area contributed by atoms with Gasteiger partial charge in [-0.2, -0.15) is 0 Å². The van der Waals surface area contributed by atoms with Crippen LogP contribution in [-0.4, -0.2) is 40.9 Å². The van der Waals surface area contributed by atoms with Gasteiger partial charge in [0, 0.05) is 5.69 Å². The van der Waals surface area contributed by atoms with Crippen LogP contribution in [0, 0.1) is 0 Å². The Morgan fingerprint density at radius 3 is 2.48 bits per heavy atom. The van der Waals surface area contributed by atoms with Crippen LogP contribution in [0.25, 0.3) is 16.7 Å². The molecule has 1 aromatic heterocycles. The van der Waals surface area contributed by atoms with Crippen LogP contribution in [0.2, 0.25) is 0 Å². The van der Waals surface area contributed by atoms with Crippen LogP contribution in [0.1, 0.15) is 17.3 Å². The third-order valence-corrected chi connectivity index (χ3v) is 5.81. The number of amides is 1. The maximum atomic E-state index is 12.7. The summed E-state index contributed by atoms with van der Waals surface area (Å²) in [4.78, 5) is 29.4. The summed E-state index contributed by atoms with van der Waals surface area (Å²) in [6.07, 6.45) is 0. The van der Waals surface area contributed by atoms with Gasteiger partial charge in [0.1, 0.15) is 5.75 Å². The third-order valence-electron chi connectivity index (χ3n) is 4.87. The van der Waals surface area contributed by atoms with Gasteiger partial charge in [0.05, 0.1) is 41.8 Å². The van der Waals surface area contributed by atoms with Gasteiger partial charge in [0.2, 0.25) is 5.91 Å². The third kappa shape index (κ3) is 5.01. The van der Waals surface area contributed by atoms with Crippen molar-refractivity contribution in [3.05, 3.63) is 78.4 Å². The quantitative estimate of drug-likeness (QED) is 0.296. The minimum atomic E-state index is -0.504. The zero-order valence-electron chi connectivity index (χ0n) is 18.3. The summed E-state index contributed by atoms with van der Waals surface area (Å²) >= 11 is 1.32. The van der Waals surface area contributed by atoms with Crippen molar-refractivity contribution < 1.29 is 19.1 Å². The van der Waals surface area contributed by atoms with E-state index in [1.54, 1.807) is 24.3 Å². The fourth-order valence-electron chi connectivity index (χ4n) is 3.40. The minimum Gasteiger partial charge on any atom is -0.494 e. The Kier molecular flexibility index (Phi) is 6.95. The number of anilines is 1. The first-order valence-electron chi connectivity index (χ1n) is 10.4. The first kappa shape index (κ1) is 22.4. The predicted molar refractivity (Wildman–Crippen MR) is 129 cm³/mol. The van der Waals surface area contributed by atoms with Gasteiger partial charge in [0.15, 0.2) is 5.16 Å². The van der Waals surface area contributed by atoms with Gasteiger partial charge in [0.25, 0.3) is 0 Å². The molecular weight excluding hydrogens is 438 g/mol. The number of para-hydroxylation sites is 3. The van der Waals surface area contributed by atoms with E-state index >= 15 is 0 Å². The lowest BCUT2D eigenvalue weighted by Gasteiger charge is -2.11. The highest BCUT2D eigenvalue weighted by molar-refractivity contribution is 7.99. The van der Waals surface area contributed by atoms with E-state index in [4.69, 9.17) is 14.5 Å². The van der Waals surface area contributed by atoms with Crippen molar-refractivity contribution in [1.82, 2.24) is 9.55 Å². The molecule has 0 unspecified atom stereocenters. The van der Waals surface area contributed by atoms with Crippen molar-refractivity contribution >= 4 is 40.4 Å².